The number of hydrogen-bond donors (Lipinski definition) is 1. The lowest BCUT2D eigenvalue weighted by atomic mass is 10.1. The molecule has 0 aliphatic carbocycles. The first kappa shape index (κ1) is 11.1. The first-order chi connectivity index (χ1) is 7.79. The number of likely N-dealkylation sites (tertiary alicyclic amines) is 1. The molecule has 0 saturated carbocycles. The maximum Gasteiger partial charge on any atom is 0.144 e. The van der Waals surface area contributed by atoms with Crippen LogP contribution in [-0.4, -0.2) is 34.2 Å². The summed E-state index contributed by atoms with van der Waals surface area (Å²) in [5.74, 6) is 0. The maximum atomic E-state index is 9.56. The molecule has 4 heteroatoms. The number of piperidine rings is 1. The highest BCUT2D eigenvalue weighted by atomic mass is 16.3. The predicted octanol–water partition coefficient (Wildman–Crippen LogP) is 0.910. The van der Waals surface area contributed by atoms with Crippen molar-refractivity contribution in [3.05, 3.63) is 29.6 Å². The number of nitriles is 1. The van der Waals surface area contributed by atoms with E-state index >= 15 is 0 Å². The third kappa shape index (κ3) is 2.57. The molecule has 1 aliphatic heterocycles. The molecular formula is C12H15N3O. The molecule has 1 atom stereocenters. The summed E-state index contributed by atoms with van der Waals surface area (Å²) in [6, 6.07) is 5.86. The van der Waals surface area contributed by atoms with E-state index < -0.39 is 0 Å². The van der Waals surface area contributed by atoms with Crippen LogP contribution in [0.4, 0.5) is 0 Å². The summed E-state index contributed by atoms with van der Waals surface area (Å²) < 4.78 is 0. The summed E-state index contributed by atoms with van der Waals surface area (Å²) in [4.78, 5) is 6.20. The van der Waals surface area contributed by atoms with E-state index in [-0.39, 0.29) is 6.10 Å². The molecule has 0 bridgehead atoms. The molecule has 2 rings (SSSR count). The van der Waals surface area contributed by atoms with Crippen LogP contribution in [0.2, 0.25) is 0 Å². The lowest BCUT2D eigenvalue weighted by Gasteiger charge is -2.29. The maximum absolute atomic E-state index is 9.56. The van der Waals surface area contributed by atoms with E-state index in [0.717, 1.165) is 24.9 Å². The largest absolute Gasteiger partial charge is 0.392 e. The molecule has 1 saturated heterocycles. The van der Waals surface area contributed by atoms with Gasteiger partial charge in [0, 0.05) is 24.8 Å². The molecule has 1 unspecified atom stereocenters. The summed E-state index contributed by atoms with van der Waals surface area (Å²) in [6.07, 6.45) is 3.31. The minimum Gasteiger partial charge on any atom is -0.392 e. The van der Waals surface area contributed by atoms with Gasteiger partial charge in [0.1, 0.15) is 11.8 Å². The second-order valence-corrected chi connectivity index (χ2v) is 4.15. The Morgan fingerprint density at radius 1 is 1.62 bits per heavy atom. The smallest absolute Gasteiger partial charge is 0.144 e. The SMILES string of the molecule is N#Cc1ncccc1CN1CCCC(O)C1. The highest BCUT2D eigenvalue weighted by Gasteiger charge is 2.18. The van der Waals surface area contributed by atoms with Gasteiger partial charge in [-0.15, -0.1) is 0 Å². The van der Waals surface area contributed by atoms with Gasteiger partial charge in [-0.3, -0.25) is 4.90 Å². The molecule has 1 aromatic rings. The zero-order chi connectivity index (χ0) is 11.4. The van der Waals surface area contributed by atoms with E-state index in [1.807, 2.05) is 12.1 Å². The summed E-state index contributed by atoms with van der Waals surface area (Å²) in [5.41, 5.74) is 1.43. The van der Waals surface area contributed by atoms with Crippen molar-refractivity contribution < 1.29 is 5.11 Å². The Kier molecular flexibility index (Phi) is 3.50. The first-order valence-electron chi connectivity index (χ1n) is 5.54. The summed E-state index contributed by atoms with van der Waals surface area (Å²) in [7, 11) is 0. The number of pyridine rings is 1. The van der Waals surface area contributed by atoms with Gasteiger partial charge < -0.3 is 5.11 Å². The number of hydrogen-bond acceptors (Lipinski definition) is 4. The van der Waals surface area contributed by atoms with Gasteiger partial charge in [-0.2, -0.15) is 5.26 Å². The summed E-state index contributed by atoms with van der Waals surface area (Å²) in [5, 5.41) is 18.5. The van der Waals surface area contributed by atoms with Crippen molar-refractivity contribution in [3.63, 3.8) is 0 Å². The van der Waals surface area contributed by atoms with Crippen molar-refractivity contribution in [3.8, 4) is 6.07 Å². The summed E-state index contributed by atoms with van der Waals surface area (Å²) in [6.45, 7) is 2.38. The van der Waals surface area contributed by atoms with Gasteiger partial charge in [0.25, 0.3) is 0 Å². The normalized spacial score (nSPS) is 21.6. The molecule has 4 nitrogen and oxygen atoms in total. The fraction of sp³-hybridized carbons (Fsp3) is 0.500. The van der Waals surface area contributed by atoms with Crippen LogP contribution < -0.4 is 0 Å². The average Bonchev–Trinajstić information content (AvgIpc) is 2.30. The lowest BCUT2D eigenvalue weighted by Crippen LogP contribution is -2.37. The van der Waals surface area contributed by atoms with Crippen molar-refractivity contribution in [2.24, 2.45) is 0 Å². The third-order valence-electron chi connectivity index (χ3n) is 2.87. The van der Waals surface area contributed by atoms with Gasteiger partial charge in [-0.25, -0.2) is 4.98 Å². The number of aromatic nitrogens is 1. The Bertz CT molecular complexity index is 399. The molecule has 2 heterocycles. The fourth-order valence-electron chi connectivity index (χ4n) is 2.08. The van der Waals surface area contributed by atoms with Crippen LogP contribution in [0.3, 0.4) is 0 Å². The van der Waals surface area contributed by atoms with Crippen LogP contribution in [0.5, 0.6) is 0 Å². The van der Waals surface area contributed by atoms with E-state index in [4.69, 9.17) is 5.26 Å². The van der Waals surface area contributed by atoms with E-state index in [1.165, 1.54) is 0 Å². The van der Waals surface area contributed by atoms with Crippen LogP contribution in [0, 0.1) is 11.3 Å². The highest BCUT2D eigenvalue weighted by molar-refractivity contribution is 5.30. The number of nitrogens with zero attached hydrogens (tertiary/aromatic N) is 3. The topological polar surface area (TPSA) is 60.2 Å². The number of aliphatic hydroxyl groups excluding tert-OH is 1. The molecule has 0 aromatic carbocycles. The van der Waals surface area contributed by atoms with Crippen molar-refractivity contribution in [1.82, 2.24) is 9.88 Å². The van der Waals surface area contributed by atoms with E-state index in [2.05, 4.69) is 16.0 Å². The standard InChI is InChI=1S/C12H15N3O/c13-7-12-10(3-1-5-14-12)8-15-6-2-4-11(16)9-15/h1,3,5,11,16H,2,4,6,8-9H2. The van der Waals surface area contributed by atoms with Gasteiger partial charge >= 0.3 is 0 Å². The Morgan fingerprint density at radius 3 is 3.25 bits per heavy atom. The van der Waals surface area contributed by atoms with Gasteiger partial charge in [0.2, 0.25) is 0 Å². The Labute approximate surface area is 95.1 Å². The minimum absolute atomic E-state index is 0.226. The second-order valence-electron chi connectivity index (χ2n) is 4.15. The molecule has 0 radical (unpaired) electrons. The van der Waals surface area contributed by atoms with Gasteiger partial charge in [0.15, 0.2) is 0 Å². The molecule has 0 amide bonds. The highest BCUT2D eigenvalue weighted by Crippen LogP contribution is 2.14. The van der Waals surface area contributed by atoms with E-state index in [1.54, 1.807) is 6.20 Å². The fourth-order valence-corrected chi connectivity index (χ4v) is 2.08. The monoisotopic (exact) mass is 217 g/mol. The second kappa shape index (κ2) is 5.06. The quantitative estimate of drug-likeness (QED) is 0.800. The molecule has 0 spiro atoms. The van der Waals surface area contributed by atoms with Crippen LogP contribution in [0.15, 0.2) is 18.3 Å². The van der Waals surface area contributed by atoms with Crippen LogP contribution in [0.25, 0.3) is 0 Å². The first-order valence-corrected chi connectivity index (χ1v) is 5.54. The summed E-state index contributed by atoms with van der Waals surface area (Å²) >= 11 is 0. The molecule has 1 aromatic heterocycles. The van der Waals surface area contributed by atoms with Crippen molar-refractivity contribution in [2.75, 3.05) is 13.1 Å². The van der Waals surface area contributed by atoms with Crippen LogP contribution in [0.1, 0.15) is 24.1 Å². The molecule has 1 N–H and O–H groups in total. The van der Waals surface area contributed by atoms with Crippen LogP contribution >= 0.6 is 0 Å². The number of rotatable bonds is 2. The molecular weight excluding hydrogens is 202 g/mol. The van der Waals surface area contributed by atoms with E-state index in [9.17, 15) is 5.11 Å². The van der Waals surface area contributed by atoms with Gasteiger partial charge in [-0.05, 0) is 25.5 Å². The van der Waals surface area contributed by atoms with Crippen molar-refractivity contribution in [2.45, 2.75) is 25.5 Å². The molecule has 84 valence electrons. The third-order valence-corrected chi connectivity index (χ3v) is 2.87. The van der Waals surface area contributed by atoms with Crippen molar-refractivity contribution in [1.29, 1.82) is 5.26 Å². The Hall–Kier alpha value is -1.44. The van der Waals surface area contributed by atoms with Gasteiger partial charge in [-0.1, -0.05) is 6.07 Å². The van der Waals surface area contributed by atoms with Gasteiger partial charge in [0.05, 0.1) is 6.10 Å². The van der Waals surface area contributed by atoms with Crippen LogP contribution in [-0.2, 0) is 6.54 Å². The molecule has 1 fully saturated rings. The minimum atomic E-state index is -0.226. The molecule has 1 aliphatic rings. The number of aliphatic hydroxyl groups is 1. The zero-order valence-electron chi connectivity index (χ0n) is 9.13. The number of β-amino-alcohol motifs (C(OH)–C–C–N with tert-alkyl or cyclic N) is 1. The Morgan fingerprint density at radius 2 is 2.50 bits per heavy atom. The Balaban J connectivity index is 2.06. The predicted molar refractivity (Wildman–Crippen MR) is 59.5 cm³/mol. The van der Waals surface area contributed by atoms with Crippen molar-refractivity contribution >= 4 is 0 Å². The zero-order valence-corrected chi connectivity index (χ0v) is 9.13. The average molecular weight is 217 g/mol. The van der Waals surface area contributed by atoms with E-state index in [0.29, 0.717) is 18.8 Å². The molecule has 16 heavy (non-hydrogen) atoms. The lowest BCUT2D eigenvalue weighted by molar-refractivity contribution is 0.0667.